The summed E-state index contributed by atoms with van der Waals surface area (Å²) >= 11 is 1.22. The number of hydrogen-bond acceptors (Lipinski definition) is 7. The summed E-state index contributed by atoms with van der Waals surface area (Å²) < 4.78 is 10.4. The van der Waals surface area contributed by atoms with Crippen LogP contribution in [-0.2, 0) is 14.3 Å². The highest BCUT2D eigenvalue weighted by atomic mass is 32.1. The smallest absolute Gasteiger partial charge is 0.341 e. The molecule has 174 valence electrons. The molecule has 0 radical (unpaired) electrons. The van der Waals surface area contributed by atoms with Crippen LogP contribution in [0.15, 0.2) is 53.9 Å². The zero-order chi connectivity index (χ0) is 24.2. The van der Waals surface area contributed by atoms with Gasteiger partial charge in [-0.2, -0.15) is 0 Å². The number of imide groups is 1. The number of esters is 1. The van der Waals surface area contributed by atoms with Gasteiger partial charge in [0.15, 0.2) is 0 Å². The first-order valence-corrected chi connectivity index (χ1v) is 11.5. The van der Waals surface area contributed by atoms with Crippen LogP contribution in [0.1, 0.15) is 40.5 Å². The molecule has 3 aromatic rings. The fourth-order valence-corrected chi connectivity index (χ4v) is 4.59. The highest BCUT2D eigenvalue weighted by molar-refractivity contribution is 7.15. The average Bonchev–Trinajstić information content (AvgIpc) is 3.42. The minimum Gasteiger partial charge on any atom is -0.497 e. The van der Waals surface area contributed by atoms with Crippen molar-refractivity contribution in [3.63, 3.8) is 0 Å². The van der Waals surface area contributed by atoms with Gasteiger partial charge in [-0.1, -0.05) is 12.1 Å². The van der Waals surface area contributed by atoms with Gasteiger partial charge in [-0.25, -0.2) is 4.79 Å². The van der Waals surface area contributed by atoms with Crippen LogP contribution in [0.5, 0.6) is 5.75 Å². The molecule has 2 aromatic carbocycles. The minimum absolute atomic E-state index is 0.187. The topological polar surface area (TPSA) is 102 Å². The van der Waals surface area contributed by atoms with E-state index in [1.54, 1.807) is 43.7 Å². The van der Waals surface area contributed by atoms with E-state index in [-0.39, 0.29) is 36.8 Å². The summed E-state index contributed by atoms with van der Waals surface area (Å²) in [5, 5.41) is 4.95. The monoisotopic (exact) mass is 478 g/mol. The molecule has 1 aliphatic heterocycles. The van der Waals surface area contributed by atoms with Crippen LogP contribution in [0.4, 0.5) is 10.7 Å². The number of carbonyl (C=O) groups excluding carboxylic acids is 4. The van der Waals surface area contributed by atoms with Crippen molar-refractivity contribution in [1.82, 2.24) is 0 Å². The van der Waals surface area contributed by atoms with E-state index in [1.165, 1.54) is 23.5 Å². The second-order valence-electron chi connectivity index (χ2n) is 7.43. The Morgan fingerprint density at radius 1 is 1.00 bits per heavy atom. The van der Waals surface area contributed by atoms with E-state index in [9.17, 15) is 19.2 Å². The largest absolute Gasteiger partial charge is 0.497 e. The maximum Gasteiger partial charge on any atom is 0.341 e. The molecule has 0 spiro atoms. The van der Waals surface area contributed by atoms with Crippen molar-refractivity contribution in [2.45, 2.75) is 19.8 Å². The first kappa shape index (κ1) is 23.2. The fourth-order valence-electron chi connectivity index (χ4n) is 3.64. The summed E-state index contributed by atoms with van der Waals surface area (Å²) in [6.07, 6.45) is 0.374. The summed E-state index contributed by atoms with van der Waals surface area (Å²) in [5.74, 6) is -0.798. The minimum atomic E-state index is -0.536. The second-order valence-corrected chi connectivity index (χ2v) is 8.31. The van der Waals surface area contributed by atoms with Crippen LogP contribution in [0.25, 0.3) is 11.1 Å². The van der Waals surface area contributed by atoms with Crippen molar-refractivity contribution in [3.05, 3.63) is 65.0 Å². The van der Waals surface area contributed by atoms with Crippen molar-refractivity contribution in [3.8, 4) is 16.9 Å². The lowest BCUT2D eigenvalue weighted by atomic mass is 10.0. The summed E-state index contributed by atoms with van der Waals surface area (Å²) in [6.45, 7) is 1.91. The van der Waals surface area contributed by atoms with Crippen molar-refractivity contribution < 1.29 is 28.7 Å². The summed E-state index contributed by atoms with van der Waals surface area (Å²) in [7, 11) is 1.57. The van der Waals surface area contributed by atoms with Crippen LogP contribution in [-0.4, -0.2) is 37.4 Å². The maximum absolute atomic E-state index is 12.9. The van der Waals surface area contributed by atoms with Gasteiger partial charge >= 0.3 is 5.97 Å². The molecular weight excluding hydrogens is 456 g/mol. The molecule has 9 heteroatoms. The predicted octanol–water partition coefficient (Wildman–Crippen LogP) is 4.51. The van der Waals surface area contributed by atoms with Crippen molar-refractivity contribution >= 4 is 45.7 Å². The molecule has 0 atom stereocenters. The molecule has 1 saturated heterocycles. The van der Waals surface area contributed by atoms with Gasteiger partial charge in [0.05, 0.1) is 19.4 Å². The van der Waals surface area contributed by atoms with E-state index in [0.29, 0.717) is 27.6 Å². The van der Waals surface area contributed by atoms with Crippen LogP contribution in [0, 0.1) is 0 Å². The first-order valence-electron chi connectivity index (χ1n) is 10.6. The lowest BCUT2D eigenvalue weighted by Gasteiger charge is -2.14. The molecule has 1 fully saturated rings. The third kappa shape index (κ3) is 4.55. The van der Waals surface area contributed by atoms with E-state index in [1.807, 2.05) is 12.1 Å². The molecule has 1 N–H and O–H groups in total. The Labute approximate surface area is 200 Å². The molecule has 0 unspecified atom stereocenters. The van der Waals surface area contributed by atoms with Gasteiger partial charge in [-0.3, -0.25) is 19.3 Å². The Morgan fingerprint density at radius 3 is 2.24 bits per heavy atom. The Balaban J connectivity index is 1.59. The Kier molecular flexibility index (Phi) is 6.74. The SMILES string of the molecule is CCOC(=O)c1c(-c2ccc(OC)cc2)csc1NC(=O)c1ccc(N2C(=O)CCC2=O)cc1. The highest BCUT2D eigenvalue weighted by Gasteiger charge is 2.30. The molecule has 1 aliphatic rings. The van der Waals surface area contributed by atoms with E-state index >= 15 is 0 Å². The Hall–Kier alpha value is -3.98. The fraction of sp³-hybridized carbons (Fsp3) is 0.200. The number of hydrogen-bond donors (Lipinski definition) is 1. The van der Waals surface area contributed by atoms with Crippen molar-refractivity contribution in [2.24, 2.45) is 0 Å². The van der Waals surface area contributed by atoms with Gasteiger partial charge in [0, 0.05) is 29.3 Å². The molecule has 3 amide bonds. The number of anilines is 2. The summed E-state index contributed by atoms with van der Waals surface area (Å²) in [6, 6.07) is 13.4. The number of nitrogens with zero attached hydrogens (tertiary/aromatic N) is 1. The number of nitrogens with one attached hydrogen (secondary N) is 1. The normalized spacial score (nSPS) is 13.2. The third-order valence-corrected chi connectivity index (χ3v) is 6.23. The number of carbonyl (C=O) groups is 4. The van der Waals surface area contributed by atoms with Crippen LogP contribution in [0.3, 0.4) is 0 Å². The van der Waals surface area contributed by atoms with Gasteiger partial charge in [0.25, 0.3) is 5.91 Å². The highest BCUT2D eigenvalue weighted by Crippen LogP contribution is 2.37. The van der Waals surface area contributed by atoms with Gasteiger partial charge in [0.2, 0.25) is 11.8 Å². The molecule has 34 heavy (non-hydrogen) atoms. The predicted molar refractivity (Wildman–Crippen MR) is 128 cm³/mol. The molecular formula is C25H22N2O6S. The van der Waals surface area contributed by atoms with Crippen molar-refractivity contribution in [2.75, 3.05) is 23.9 Å². The van der Waals surface area contributed by atoms with Gasteiger partial charge in [0.1, 0.15) is 16.3 Å². The van der Waals surface area contributed by atoms with Gasteiger partial charge in [-0.15, -0.1) is 11.3 Å². The zero-order valence-electron chi connectivity index (χ0n) is 18.6. The molecule has 0 aliphatic carbocycles. The average molecular weight is 479 g/mol. The van der Waals surface area contributed by atoms with E-state index < -0.39 is 11.9 Å². The summed E-state index contributed by atoms with van der Waals surface area (Å²) in [4.78, 5) is 50.7. The lowest BCUT2D eigenvalue weighted by molar-refractivity contribution is -0.121. The maximum atomic E-state index is 12.9. The van der Waals surface area contributed by atoms with Gasteiger partial charge < -0.3 is 14.8 Å². The third-order valence-electron chi connectivity index (χ3n) is 5.34. The van der Waals surface area contributed by atoms with Gasteiger partial charge in [-0.05, 0) is 48.9 Å². The Morgan fingerprint density at radius 2 is 1.65 bits per heavy atom. The standard InChI is InChI=1S/C25H22N2O6S/c1-3-33-25(31)22-19(15-6-10-18(32-2)11-7-15)14-34-24(22)26-23(30)16-4-8-17(9-5-16)27-20(28)12-13-21(27)29/h4-11,14H,3,12-13H2,1-2H3,(H,26,30). The first-order chi connectivity index (χ1) is 16.4. The molecule has 2 heterocycles. The summed E-state index contributed by atoms with van der Waals surface area (Å²) in [5.41, 5.74) is 2.44. The molecule has 1 aromatic heterocycles. The van der Waals surface area contributed by atoms with Crippen molar-refractivity contribution in [1.29, 1.82) is 0 Å². The van der Waals surface area contributed by atoms with E-state index in [2.05, 4.69) is 5.32 Å². The molecule has 4 rings (SSSR count). The molecule has 0 saturated carbocycles. The second kappa shape index (κ2) is 9.88. The van der Waals surface area contributed by atoms with E-state index in [4.69, 9.17) is 9.47 Å². The number of thiophene rings is 1. The molecule has 8 nitrogen and oxygen atoms in total. The number of amides is 3. The molecule has 0 bridgehead atoms. The number of rotatable bonds is 7. The number of ether oxygens (including phenoxy) is 2. The lowest BCUT2D eigenvalue weighted by Crippen LogP contribution is -2.28. The van der Waals surface area contributed by atoms with E-state index in [0.717, 1.165) is 10.5 Å². The number of methoxy groups -OCH3 is 1. The van der Waals surface area contributed by atoms with Crippen LogP contribution < -0.4 is 15.0 Å². The van der Waals surface area contributed by atoms with Crippen LogP contribution >= 0.6 is 11.3 Å². The zero-order valence-corrected chi connectivity index (χ0v) is 19.4. The Bertz CT molecular complexity index is 1230. The quantitative estimate of drug-likeness (QED) is 0.396. The number of benzene rings is 2. The van der Waals surface area contributed by atoms with Crippen LogP contribution in [0.2, 0.25) is 0 Å².